The van der Waals surface area contributed by atoms with Gasteiger partial charge in [0.05, 0.1) is 29.3 Å². The van der Waals surface area contributed by atoms with Crippen LogP contribution in [0.2, 0.25) is 0 Å². The van der Waals surface area contributed by atoms with E-state index in [0.29, 0.717) is 28.1 Å². The van der Waals surface area contributed by atoms with Gasteiger partial charge in [-0.1, -0.05) is 18.2 Å². The van der Waals surface area contributed by atoms with Gasteiger partial charge in [0.2, 0.25) is 0 Å². The van der Waals surface area contributed by atoms with Crippen LogP contribution in [-0.2, 0) is 5.41 Å². The van der Waals surface area contributed by atoms with Crippen LogP contribution in [0.15, 0.2) is 70.8 Å². The highest BCUT2D eigenvalue weighted by atomic mass is 19.1. The third-order valence-electron chi connectivity index (χ3n) is 7.09. The third kappa shape index (κ3) is 2.33. The number of hydrogen-bond acceptors (Lipinski definition) is 4. The average molecular weight is 410 g/mol. The first-order chi connectivity index (χ1) is 15.2. The van der Waals surface area contributed by atoms with Crippen molar-refractivity contribution in [2.75, 3.05) is 0 Å². The van der Waals surface area contributed by atoms with Crippen molar-refractivity contribution in [3.05, 3.63) is 89.6 Å². The number of aromatic nitrogens is 3. The Morgan fingerprint density at radius 3 is 2.71 bits per heavy atom. The Morgan fingerprint density at radius 2 is 1.97 bits per heavy atom. The summed E-state index contributed by atoms with van der Waals surface area (Å²) in [5.41, 5.74) is 6.42. The first-order valence-corrected chi connectivity index (χ1v) is 10.6. The summed E-state index contributed by atoms with van der Waals surface area (Å²) in [4.78, 5) is 13.7. The molecule has 0 radical (unpaired) electrons. The van der Waals surface area contributed by atoms with Crippen molar-refractivity contribution >= 4 is 5.71 Å². The van der Waals surface area contributed by atoms with Crippen LogP contribution in [0.5, 0.6) is 0 Å². The maximum atomic E-state index is 14.9. The fourth-order valence-electron chi connectivity index (χ4n) is 5.08. The molecule has 152 valence electrons. The van der Waals surface area contributed by atoms with Gasteiger partial charge in [-0.2, -0.15) is 0 Å². The first-order valence-electron chi connectivity index (χ1n) is 10.6. The molecular formula is C25H19FN4O. The number of benzene rings is 2. The normalized spacial score (nSPS) is 25.2. The highest BCUT2D eigenvalue weighted by Crippen LogP contribution is 2.75. The van der Waals surface area contributed by atoms with Crippen LogP contribution in [0, 0.1) is 11.7 Å². The van der Waals surface area contributed by atoms with Crippen LogP contribution in [0.25, 0.3) is 17.1 Å². The van der Waals surface area contributed by atoms with Gasteiger partial charge in [-0.15, -0.1) is 0 Å². The summed E-state index contributed by atoms with van der Waals surface area (Å²) < 4.78 is 22.5. The zero-order chi connectivity index (χ0) is 20.7. The van der Waals surface area contributed by atoms with Crippen molar-refractivity contribution in [2.45, 2.75) is 31.2 Å². The number of nitrogens with zero attached hydrogens (tertiary/aromatic N) is 4. The molecule has 1 aliphatic heterocycles. The molecule has 0 spiro atoms. The molecule has 5 nitrogen and oxygen atoms in total. The number of aliphatic imine (C=N–C) groups is 1. The molecule has 7 rings (SSSR count). The Morgan fingerprint density at radius 1 is 1.13 bits per heavy atom. The molecule has 31 heavy (non-hydrogen) atoms. The topological polar surface area (TPSA) is 56.2 Å². The molecule has 2 aromatic heterocycles. The second-order valence-electron chi connectivity index (χ2n) is 8.84. The van der Waals surface area contributed by atoms with E-state index in [4.69, 9.17) is 9.41 Å². The van der Waals surface area contributed by atoms with Gasteiger partial charge in [0.1, 0.15) is 17.8 Å². The molecule has 2 fully saturated rings. The molecule has 3 heterocycles. The molecule has 2 aromatic carbocycles. The molecule has 1 atom stereocenters. The largest absolute Gasteiger partial charge is 0.442 e. The number of oxazole rings is 1. The molecular weight excluding hydrogens is 391 g/mol. The predicted molar refractivity (Wildman–Crippen MR) is 114 cm³/mol. The summed E-state index contributed by atoms with van der Waals surface area (Å²) in [6.45, 7) is 2.01. The monoisotopic (exact) mass is 410 g/mol. The summed E-state index contributed by atoms with van der Waals surface area (Å²) in [5, 5.41) is 0. The lowest BCUT2D eigenvalue weighted by Gasteiger charge is -2.15. The van der Waals surface area contributed by atoms with Gasteiger partial charge in [0.25, 0.3) is 0 Å². The third-order valence-corrected chi connectivity index (χ3v) is 7.09. The average Bonchev–Trinajstić information content (AvgIpc) is 3.48. The van der Waals surface area contributed by atoms with Crippen LogP contribution < -0.4 is 0 Å². The molecule has 2 aliphatic carbocycles. The summed E-state index contributed by atoms with van der Waals surface area (Å²) in [5.74, 6) is 1.16. The second-order valence-corrected chi connectivity index (χ2v) is 8.84. The van der Waals surface area contributed by atoms with Crippen LogP contribution in [0.1, 0.15) is 48.2 Å². The number of hydrogen-bond donors (Lipinski definition) is 0. The minimum absolute atomic E-state index is 0.249. The maximum absolute atomic E-state index is 14.9. The molecule has 2 saturated carbocycles. The number of imidazole rings is 1. The lowest BCUT2D eigenvalue weighted by Crippen LogP contribution is -2.10. The van der Waals surface area contributed by atoms with Crippen molar-refractivity contribution in [2.24, 2.45) is 10.9 Å². The van der Waals surface area contributed by atoms with Crippen molar-refractivity contribution in [3.8, 4) is 17.1 Å². The summed E-state index contributed by atoms with van der Waals surface area (Å²) in [6.07, 6.45) is 7.39. The Kier molecular flexibility index (Phi) is 3.20. The van der Waals surface area contributed by atoms with E-state index in [9.17, 15) is 4.39 Å². The fraction of sp³-hybridized carbons (Fsp3) is 0.240. The van der Waals surface area contributed by atoms with Gasteiger partial charge < -0.3 is 4.42 Å². The predicted octanol–water partition coefficient (Wildman–Crippen LogP) is 5.24. The molecule has 0 unspecified atom stereocenters. The summed E-state index contributed by atoms with van der Waals surface area (Å²) in [6, 6.07) is 13.2. The van der Waals surface area contributed by atoms with Crippen molar-refractivity contribution in [1.29, 1.82) is 0 Å². The van der Waals surface area contributed by atoms with Gasteiger partial charge in [0, 0.05) is 11.1 Å². The maximum Gasteiger partial charge on any atom is 0.181 e. The first kappa shape index (κ1) is 17.2. The minimum atomic E-state index is -0.265. The standard InChI is InChI=1S/C25H19FN4O/c1-14-24-23(21-11-27-13-31-21)28-12-30(24)20-7-6-15(25-9-16(25)10-25)8-18(20)22(29-14)17-4-2-3-5-19(17)26/h2-8,11-14,16H,9-10H2,1H3/t14-,16?,25?/m1/s1. The zero-order valence-electron chi connectivity index (χ0n) is 16.9. The molecule has 0 saturated heterocycles. The molecule has 4 aromatic rings. The van der Waals surface area contributed by atoms with E-state index in [2.05, 4.69) is 32.7 Å². The van der Waals surface area contributed by atoms with Crippen LogP contribution in [0.4, 0.5) is 4.39 Å². The Labute approximate surface area is 178 Å². The smallest absolute Gasteiger partial charge is 0.181 e. The van der Waals surface area contributed by atoms with Gasteiger partial charge in [-0.3, -0.25) is 9.56 Å². The highest BCUT2D eigenvalue weighted by molar-refractivity contribution is 6.15. The summed E-state index contributed by atoms with van der Waals surface area (Å²) >= 11 is 0. The second kappa shape index (κ2) is 5.78. The summed E-state index contributed by atoms with van der Waals surface area (Å²) in [7, 11) is 0. The van der Waals surface area contributed by atoms with E-state index in [-0.39, 0.29) is 11.9 Å². The van der Waals surface area contributed by atoms with E-state index < -0.39 is 0 Å². The van der Waals surface area contributed by atoms with Gasteiger partial charge in [-0.05, 0) is 60.9 Å². The molecule has 3 aliphatic rings. The van der Waals surface area contributed by atoms with E-state index in [1.165, 1.54) is 30.9 Å². The number of rotatable bonds is 3. The van der Waals surface area contributed by atoms with E-state index >= 15 is 0 Å². The molecule has 0 N–H and O–H groups in total. The Balaban J connectivity index is 1.50. The zero-order valence-corrected chi connectivity index (χ0v) is 16.9. The number of halogens is 1. The van der Waals surface area contributed by atoms with E-state index in [0.717, 1.165) is 22.9 Å². The van der Waals surface area contributed by atoms with Gasteiger partial charge in [0.15, 0.2) is 12.2 Å². The van der Waals surface area contributed by atoms with E-state index in [1.807, 2.05) is 19.1 Å². The quantitative estimate of drug-likeness (QED) is 0.464. The van der Waals surface area contributed by atoms with Crippen LogP contribution in [-0.4, -0.2) is 20.2 Å². The van der Waals surface area contributed by atoms with Crippen LogP contribution >= 0.6 is 0 Å². The lowest BCUT2D eigenvalue weighted by molar-refractivity contribution is 0.568. The lowest BCUT2D eigenvalue weighted by atomic mass is 9.94. The minimum Gasteiger partial charge on any atom is -0.442 e. The Hall–Kier alpha value is -3.54. The molecule has 0 bridgehead atoms. The SMILES string of the molecule is C[C@H]1N=C(c2ccccc2F)c2cc(C34CC3C4)ccc2-n2cnc(-c3cnco3)c21. The Bertz CT molecular complexity index is 1380. The fourth-order valence-corrected chi connectivity index (χ4v) is 5.08. The van der Waals surface area contributed by atoms with Crippen LogP contribution in [0.3, 0.4) is 0 Å². The van der Waals surface area contributed by atoms with Crippen molar-refractivity contribution in [1.82, 2.24) is 14.5 Å². The molecule has 6 heteroatoms. The van der Waals surface area contributed by atoms with Crippen molar-refractivity contribution in [3.63, 3.8) is 0 Å². The molecule has 0 amide bonds. The highest BCUT2D eigenvalue weighted by Gasteiger charge is 2.70. The number of fused-ring (bicyclic) bond motifs is 4. The van der Waals surface area contributed by atoms with Crippen molar-refractivity contribution < 1.29 is 8.81 Å². The van der Waals surface area contributed by atoms with Gasteiger partial charge >= 0.3 is 0 Å². The van der Waals surface area contributed by atoms with E-state index in [1.54, 1.807) is 18.6 Å². The van der Waals surface area contributed by atoms with Gasteiger partial charge in [-0.25, -0.2) is 14.4 Å².